The van der Waals surface area contributed by atoms with Gasteiger partial charge in [-0.25, -0.2) is 4.79 Å². The Morgan fingerprint density at radius 2 is 2.07 bits per heavy atom. The maximum Gasteiger partial charge on any atom is 0.490 e. The van der Waals surface area contributed by atoms with Crippen molar-refractivity contribution in [3.8, 4) is 0 Å². The van der Waals surface area contributed by atoms with Crippen molar-refractivity contribution < 1.29 is 32.6 Å². The zero-order valence-corrected chi connectivity index (χ0v) is 16.8. The number of anilines is 1. The Bertz CT molecular complexity index is 751. The van der Waals surface area contributed by atoms with Gasteiger partial charge in [0.1, 0.15) is 10.6 Å². The van der Waals surface area contributed by atoms with E-state index in [0.29, 0.717) is 11.8 Å². The van der Waals surface area contributed by atoms with Gasteiger partial charge in [0.25, 0.3) is 0 Å². The molecule has 1 N–H and O–H groups in total. The number of carbonyl (C=O) groups excluding carboxylic acids is 1. The van der Waals surface area contributed by atoms with Gasteiger partial charge < -0.3 is 19.6 Å². The summed E-state index contributed by atoms with van der Waals surface area (Å²) < 4.78 is 37.8. The van der Waals surface area contributed by atoms with E-state index in [1.54, 1.807) is 11.3 Å². The van der Waals surface area contributed by atoms with Gasteiger partial charge in [0.2, 0.25) is 11.0 Å². The lowest BCUT2D eigenvalue weighted by Gasteiger charge is -2.50. The molecule has 1 aromatic heterocycles. The topological polar surface area (TPSA) is 95.9 Å². The number of hydrogen-bond acceptors (Lipinski definition) is 7. The van der Waals surface area contributed by atoms with Crippen molar-refractivity contribution in [3.05, 3.63) is 5.01 Å². The van der Waals surface area contributed by atoms with Crippen LogP contribution in [0.3, 0.4) is 0 Å². The molecule has 12 heteroatoms. The van der Waals surface area contributed by atoms with Crippen LogP contribution in [-0.4, -0.2) is 76.6 Å². The highest BCUT2D eigenvalue weighted by molar-refractivity contribution is 7.15. The SMILES string of the molecule is Cc1nnc(N2CC3(C2)OCCC3CCN2CCCC2=O)s1.O=C(O)C(F)(F)F. The van der Waals surface area contributed by atoms with Crippen LogP contribution in [0, 0.1) is 12.8 Å². The highest BCUT2D eigenvalue weighted by Crippen LogP contribution is 2.44. The van der Waals surface area contributed by atoms with Gasteiger partial charge in [-0.1, -0.05) is 11.3 Å². The molecule has 0 saturated carbocycles. The van der Waals surface area contributed by atoms with Crippen molar-refractivity contribution in [1.29, 1.82) is 0 Å². The summed E-state index contributed by atoms with van der Waals surface area (Å²) in [7, 11) is 0. The van der Waals surface area contributed by atoms with Gasteiger partial charge in [0, 0.05) is 26.1 Å². The van der Waals surface area contributed by atoms with E-state index in [0.717, 1.165) is 68.6 Å². The molecule has 0 bridgehead atoms. The first-order chi connectivity index (χ1) is 13.6. The lowest BCUT2D eigenvalue weighted by molar-refractivity contribution is -0.192. The Morgan fingerprint density at radius 1 is 1.38 bits per heavy atom. The van der Waals surface area contributed by atoms with Crippen LogP contribution in [0.2, 0.25) is 0 Å². The number of aliphatic carboxylic acids is 1. The molecule has 1 amide bonds. The average Bonchev–Trinajstić information content (AvgIpc) is 3.31. The standard InChI is InChI=1S/C15H22N4O2S.C2HF3O2/c1-11-16-17-14(22-11)19-9-15(10-19)12(5-8-21-15)4-7-18-6-2-3-13(18)20;3-2(4,5)1(6)7/h12H,2-10H2,1H3;(H,6,7). The smallest absolute Gasteiger partial charge is 0.475 e. The zero-order chi connectivity index (χ0) is 21.2. The molecule has 3 aliphatic rings. The van der Waals surface area contributed by atoms with Gasteiger partial charge in [0.15, 0.2) is 0 Å². The quantitative estimate of drug-likeness (QED) is 0.772. The number of carbonyl (C=O) groups is 2. The van der Waals surface area contributed by atoms with Crippen LogP contribution < -0.4 is 4.90 Å². The highest BCUT2D eigenvalue weighted by atomic mass is 32.1. The first kappa shape index (κ1) is 21.8. The minimum Gasteiger partial charge on any atom is -0.475 e. The molecular formula is C17H23F3N4O4S. The van der Waals surface area contributed by atoms with Gasteiger partial charge >= 0.3 is 12.1 Å². The number of amides is 1. The molecule has 3 aliphatic heterocycles. The number of aryl methyl sites for hydroxylation is 1. The van der Waals surface area contributed by atoms with Crippen molar-refractivity contribution >= 4 is 28.3 Å². The maximum atomic E-state index is 11.7. The first-order valence-electron chi connectivity index (χ1n) is 9.38. The third-order valence-electron chi connectivity index (χ3n) is 5.46. The van der Waals surface area contributed by atoms with Crippen LogP contribution in [0.4, 0.5) is 18.3 Å². The summed E-state index contributed by atoms with van der Waals surface area (Å²) in [5.41, 5.74) is -0.0116. The minimum atomic E-state index is -5.08. The molecule has 1 unspecified atom stereocenters. The van der Waals surface area contributed by atoms with Gasteiger partial charge in [-0.3, -0.25) is 4.79 Å². The molecule has 1 spiro atoms. The number of nitrogens with zero attached hydrogens (tertiary/aromatic N) is 4. The number of carboxylic acids is 1. The monoisotopic (exact) mass is 436 g/mol. The fourth-order valence-corrected chi connectivity index (χ4v) is 4.63. The third-order valence-corrected chi connectivity index (χ3v) is 6.36. The summed E-state index contributed by atoms with van der Waals surface area (Å²) in [4.78, 5) is 24.9. The molecule has 29 heavy (non-hydrogen) atoms. The van der Waals surface area contributed by atoms with Crippen LogP contribution in [0.15, 0.2) is 0 Å². The average molecular weight is 436 g/mol. The normalized spacial score (nSPS) is 23.2. The number of likely N-dealkylation sites (tertiary alicyclic amines) is 1. The lowest BCUT2D eigenvalue weighted by Crippen LogP contribution is -2.65. The molecule has 0 aromatic carbocycles. The lowest BCUT2D eigenvalue weighted by atomic mass is 9.79. The number of rotatable bonds is 4. The van der Waals surface area contributed by atoms with Gasteiger partial charge in [-0.2, -0.15) is 13.2 Å². The fraction of sp³-hybridized carbons (Fsp3) is 0.765. The van der Waals surface area contributed by atoms with Crippen LogP contribution >= 0.6 is 11.3 Å². The largest absolute Gasteiger partial charge is 0.490 e. The first-order valence-corrected chi connectivity index (χ1v) is 10.2. The van der Waals surface area contributed by atoms with Crippen molar-refractivity contribution in [2.45, 2.75) is 44.4 Å². The Kier molecular flexibility index (Phi) is 6.32. The summed E-state index contributed by atoms with van der Waals surface area (Å²) in [6, 6.07) is 0. The molecule has 162 valence electrons. The second-order valence-corrected chi connectivity index (χ2v) is 8.59. The zero-order valence-electron chi connectivity index (χ0n) is 15.9. The highest BCUT2D eigenvalue weighted by Gasteiger charge is 2.53. The van der Waals surface area contributed by atoms with Crippen LogP contribution in [0.25, 0.3) is 0 Å². The second-order valence-electron chi connectivity index (χ2n) is 7.43. The number of carboxylic acid groups (broad SMARTS) is 1. The van der Waals surface area contributed by atoms with E-state index in [-0.39, 0.29) is 5.60 Å². The van der Waals surface area contributed by atoms with E-state index < -0.39 is 12.1 Å². The van der Waals surface area contributed by atoms with Crippen molar-refractivity contribution in [3.63, 3.8) is 0 Å². The van der Waals surface area contributed by atoms with Gasteiger partial charge in [-0.05, 0) is 32.1 Å². The molecule has 1 aromatic rings. The van der Waals surface area contributed by atoms with Crippen molar-refractivity contribution in [2.75, 3.05) is 37.7 Å². The van der Waals surface area contributed by atoms with Crippen LogP contribution in [-0.2, 0) is 14.3 Å². The fourth-order valence-electron chi connectivity index (χ4n) is 3.94. The number of aromatic nitrogens is 2. The predicted octanol–water partition coefficient (Wildman–Crippen LogP) is 2.09. The van der Waals surface area contributed by atoms with E-state index in [2.05, 4.69) is 15.1 Å². The maximum absolute atomic E-state index is 11.7. The van der Waals surface area contributed by atoms with Crippen LogP contribution in [0.1, 0.15) is 30.7 Å². The molecule has 4 heterocycles. The molecule has 8 nitrogen and oxygen atoms in total. The summed E-state index contributed by atoms with van der Waals surface area (Å²) in [6.45, 7) is 6.50. The summed E-state index contributed by atoms with van der Waals surface area (Å²) in [5.74, 6) is -1.87. The Hall–Kier alpha value is -1.95. The molecule has 0 aliphatic carbocycles. The molecule has 4 rings (SSSR count). The van der Waals surface area contributed by atoms with E-state index >= 15 is 0 Å². The van der Waals surface area contributed by atoms with Gasteiger partial charge in [0.05, 0.1) is 13.1 Å². The number of hydrogen-bond donors (Lipinski definition) is 1. The number of alkyl halides is 3. The Balaban J connectivity index is 0.000000298. The van der Waals surface area contributed by atoms with E-state index in [1.807, 2.05) is 11.8 Å². The molecular weight excluding hydrogens is 413 g/mol. The summed E-state index contributed by atoms with van der Waals surface area (Å²) >= 11 is 1.64. The Labute approximate surface area is 169 Å². The minimum absolute atomic E-state index is 0.0116. The summed E-state index contributed by atoms with van der Waals surface area (Å²) in [5, 5.41) is 17.5. The van der Waals surface area contributed by atoms with Crippen molar-refractivity contribution in [1.82, 2.24) is 15.1 Å². The second kappa shape index (κ2) is 8.42. The predicted molar refractivity (Wildman–Crippen MR) is 97.8 cm³/mol. The Morgan fingerprint density at radius 3 is 2.59 bits per heavy atom. The van der Waals surface area contributed by atoms with E-state index in [4.69, 9.17) is 14.6 Å². The van der Waals surface area contributed by atoms with Crippen LogP contribution in [0.5, 0.6) is 0 Å². The van der Waals surface area contributed by atoms with Crippen molar-refractivity contribution in [2.24, 2.45) is 5.92 Å². The van der Waals surface area contributed by atoms with E-state index in [9.17, 15) is 18.0 Å². The van der Waals surface area contributed by atoms with E-state index in [1.165, 1.54) is 0 Å². The number of halogens is 3. The number of ether oxygens (including phenoxy) is 1. The molecule has 3 saturated heterocycles. The summed E-state index contributed by atoms with van der Waals surface area (Å²) in [6.07, 6.45) is -1.15. The molecule has 3 fully saturated rings. The molecule has 0 radical (unpaired) electrons. The third kappa shape index (κ3) is 4.97. The molecule has 1 atom stereocenters. The van der Waals surface area contributed by atoms with Gasteiger partial charge in [-0.15, -0.1) is 10.2 Å².